The molecule has 5 atom stereocenters. The Morgan fingerprint density at radius 3 is 2.69 bits per heavy atom. The van der Waals surface area contributed by atoms with Crippen molar-refractivity contribution in [3.63, 3.8) is 0 Å². The highest BCUT2D eigenvalue weighted by atomic mass is 16.4. The number of carbonyl (C=O) groups is 1. The van der Waals surface area contributed by atoms with E-state index in [0.717, 1.165) is 12.3 Å². The number of nitrogens with zero attached hydrogens (tertiary/aromatic N) is 1. The second-order valence-electron chi connectivity index (χ2n) is 4.47. The molecule has 72 valence electrons. The lowest BCUT2D eigenvalue weighted by Gasteiger charge is -2.31. The Balaban J connectivity index is 1.90. The highest BCUT2D eigenvalue weighted by Gasteiger charge is 2.65. The van der Waals surface area contributed by atoms with Gasteiger partial charge in [-0.15, -0.1) is 0 Å². The van der Waals surface area contributed by atoms with E-state index in [2.05, 4.69) is 0 Å². The first-order valence-electron chi connectivity index (χ1n) is 4.86. The number of carboxylic acid groups (broad SMARTS) is 1. The Morgan fingerprint density at radius 1 is 1.31 bits per heavy atom. The van der Waals surface area contributed by atoms with Gasteiger partial charge in [-0.1, -0.05) is 0 Å². The third-order valence-electron chi connectivity index (χ3n) is 4.07. The fraction of sp³-hybridized carbons (Fsp3) is 0.889. The van der Waals surface area contributed by atoms with Crippen LogP contribution in [-0.4, -0.2) is 39.9 Å². The molecular formula is C9H13NO3. The van der Waals surface area contributed by atoms with E-state index in [-0.39, 0.29) is 18.7 Å². The van der Waals surface area contributed by atoms with Crippen molar-refractivity contribution in [2.24, 2.45) is 17.8 Å². The fourth-order valence-corrected chi connectivity index (χ4v) is 3.52. The van der Waals surface area contributed by atoms with Crippen LogP contribution in [0.5, 0.6) is 0 Å². The predicted octanol–water partition coefficient (Wildman–Crippen LogP) is 0.366. The molecule has 5 unspecified atom stereocenters. The Labute approximate surface area is 76.2 Å². The molecule has 0 aromatic carbocycles. The maximum absolute atomic E-state index is 10.9. The molecule has 0 radical (unpaired) electrons. The van der Waals surface area contributed by atoms with Crippen LogP contribution in [0, 0.1) is 17.8 Å². The van der Waals surface area contributed by atoms with Crippen molar-refractivity contribution in [3.05, 3.63) is 0 Å². The molecule has 1 heterocycles. The van der Waals surface area contributed by atoms with Gasteiger partial charge in [-0.2, -0.15) is 0 Å². The standard InChI is InChI=1S/C9H13NO3/c11-3-8-6-2-7(5-1-4(5)6)10(8)9(12)13/h4-8,11H,1-3H2,(H,12,13). The van der Waals surface area contributed by atoms with Gasteiger partial charge in [0.1, 0.15) is 0 Å². The van der Waals surface area contributed by atoms with Crippen LogP contribution < -0.4 is 0 Å². The SMILES string of the molecule is O=C(O)N1C(CO)C2CC1C1CC21. The molecule has 0 aromatic heterocycles. The minimum absolute atomic E-state index is 0.00329. The third kappa shape index (κ3) is 0.771. The maximum Gasteiger partial charge on any atom is 0.407 e. The first kappa shape index (κ1) is 7.62. The summed E-state index contributed by atoms with van der Waals surface area (Å²) in [6.45, 7) is -0.00329. The zero-order valence-corrected chi connectivity index (χ0v) is 7.26. The zero-order chi connectivity index (χ0) is 9.16. The van der Waals surface area contributed by atoms with Crippen LogP contribution in [0.4, 0.5) is 4.79 Å². The van der Waals surface area contributed by atoms with Crippen molar-refractivity contribution >= 4 is 6.09 Å². The molecule has 0 spiro atoms. The van der Waals surface area contributed by atoms with E-state index >= 15 is 0 Å². The van der Waals surface area contributed by atoms with Gasteiger partial charge in [0.15, 0.2) is 0 Å². The van der Waals surface area contributed by atoms with Crippen molar-refractivity contribution in [2.45, 2.75) is 24.9 Å². The summed E-state index contributed by atoms with van der Waals surface area (Å²) in [7, 11) is 0. The summed E-state index contributed by atoms with van der Waals surface area (Å²) in [5.41, 5.74) is 0. The Hall–Kier alpha value is -0.770. The molecular weight excluding hydrogens is 170 g/mol. The van der Waals surface area contributed by atoms with E-state index in [1.807, 2.05) is 0 Å². The Bertz CT molecular complexity index is 268. The topological polar surface area (TPSA) is 60.8 Å². The summed E-state index contributed by atoms with van der Waals surface area (Å²) in [6, 6.07) is 0.121. The number of aliphatic hydroxyl groups excluding tert-OH is 1. The van der Waals surface area contributed by atoms with Crippen LogP contribution in [0.1, 0.15) is 12.8 Å². The molecule has 1 saturated heterocycles. The molecule has 2 N–H and O–H groups in total. The van der Waals surface area contributed by atoms with Crippen molar-refractivity contribution in [1.82, 2.24) is 4.90 Å². The maximum atomic E-state index is 10.9. The van der Waals surface area contributed by atoms with Gasteiger partial charge in [0, 0.05) is 6.04 Å². The number of hydrogen-bond donors (Lipinski definition) is 2. The Morgan fingerprint density at radius 2 is 2.08 bits per heavy atom. The van der Waals surface area contributed by atoms with Crippen molar-refractivity contribution in [3.8, 4) is 0 Å². The van der Waals surface area contributed by atoms with Gasteiger partial charge in [-0.25, -0.2) is 4.79 Å². The van der Waals surface area contributed by atoms with Crippen LogP contribution in [0.3, 0.4) is 0 Å². The van der Waals surface area contributed by atoms with E-state index in [9.17, 15) is 4.79 Å². The number of likely N-dealkylation sites (tertiary alicyclic amines) is 1. The van der Waals surface area contributed by atoms with E-state index in [4.69, 9.17) is 10.2 Å². The fourth-order valence-electron chi connectivity index (χ4n) is 3.52. The molecule has 2 aliphatic carbocycles. The molecule has 13 heavy (non-hydrogen) atoms. The second kappa shape index (κ2) is 2.18. The lowest BCUT2D eigenvalue weighted by atomic mass is 9.97. The van der Waals surface area contributed by atoms with Crippen LogP contribution in [0.15, 0.2) is 0 Å². The lowest BCUT2D eigenvalue weighted by Crippen LogP contribution is -2.47. The van der Waals surface area contributed by atoms with Crippen LogP contribution in [0.2, 0.25) is 0 Å². The number of fused-ring (bicyclic) bond motifs is 5. The average Bonchev–Trinajstić information content (AvgIpc) is 2.72. The van der Waals surface area contributed by atoms with Gasteiger partial charge in [0.05, 0.1) is 12.6 Å². The molecule has 3 fully saturated rings. The van der Waals surface area contributed by atoms with Gasteiger partial charge >= 0.3 is 6.09 Å². The molecule has 4 nitrogen and oxygen atoms in total. The first-order chi connectivity index (χ1) is 6.24. The van der Waals surface area contributed by atoms with Crippen LogP contribution >= 0.6 is 0 Å². The Kier molecular flexibility index (Phi) is 1.28. The van der Waals surface area contributed by atoms with E-state index in [0.29, 0.717) is 11.8 Å². The molecule has 2 saturated carbocycles. The van der Waals surface area contributed by atoms with Crippen molar-refractivity contribution in [2.75, 3.05) is 6.61 Å². The number of aliphatic hydroxyl groups is 1. The molecule has 4 heteroatoms. The highest BCUT2D eigenvalue weighted by molar-refractivity contribution is 5.67. The summed E-state index contributed by atoms with van der Waals surface area (Å²) in [5.74, 6) is 1.82. The summed E-state index contributed by atoms with van der Waals surface area (Å²) in [6.07, 6.45) is 1.33. The van der Waals surface area contributed by atoms with Crippen molar-refractivity contribution < 1.29 is 15.0 Å². The first-order valence-corrected chi connectivity index (χ1v) is 4.86. The quantitative estimate of drug-likeness (QED) is 0.617. The minimum atomic E-state index is -0.850. The number of piperidine rings is 1. The zero-order valence-electron chi connectivity index (χ0n) is 7.26. The monoisotopic (exact) mass is 183 g/mol. The predicted molar refractivity (Wildman–Crippen MR) is 44.2 cm³/mol. The van der Waals surface area contributed by atoms with Gasteiger partial charge in [-0.3, -0.25) is 4.90 Å². The van der Waals surface area contributed by atoms with E-state index in [1.165, 1.54) is 11.3 Å². The van der Waals surface area contributed by atoms with E-state index in [1.54, 1.807) is 0 Å². The van der Waals surface area contributed by atoms with Gasteiger partial charge in [0.25, 0.3) is 0 Å². The minimum Gasteiger partial charge on any atom is -0.465 e. The van der Waals surface area contributed by atoms with Crippen molar-refractivity contribution in [1.29, 1.82) is 0 Å². The summed E-state index contributed by atoms with van der Waals surface area (Å²) >= 11 is 0. The highest BCUT2D eigenvalue weighted by Crippen LogP contribution is 2.63. The van der Waals surface area contributed by atoms with Crippen LogP contribution in [-0.2, 0) is 0 Å². The molecule has 0 aromatic rings. The number of amides is 1. The molecule has 3 aliphatic rings. The molecule has 3 rings (SSSR count). The number of rotatable bonds is 1. The van der Waals surface area contributed by atoms with Gasteiger partial charge < -0.3 is 10.2 Å². The largest absolute Gasteiger partial charge is 0.465 e. The molecule has 1 aliphatic heterocycles. The van der Waals surface area contributed by atoms with Gasteiger partial charge in [-0.05, 0) is 30.6 Å². The van der Waals surface area contributed by atoms with Gasteiger partial charge in [0.2, 0.25) is 0 Å². The lowest BCUT2D eigenvalue weighted by molar-refractivity contribution is 0.0703. The summed E-state index contributed by atoms with van der Waals surface area (Å²) in [4.78, 5) is 12.4. The summed E-state index contributed by atoms with van der Waals surface area (Å²) < 4.78 is 0. The van der Waals surface area contributed by atoms with E-state index < -0.39 is 6.09 Å². The smallest absolute Gasteiger partial charge is 0.407 e. The third-order valence-corrected chi connectivity index (χ3v) is 4.07. The van der Waals surface area contributed by atoms with Crippen LogP contribution in [0.25, 0.3) is 0 Å². The molecule has 2 bridgehead atoms. The average molecular weight is 183 g/mol. The summed E-state index contributed by atoms with van der Waals surface area (Å²) in [5, 5.41) is 18.1. The second-order valence-corrected chi connectivity index (χ2v) is 4.47. The number of hydrogen-bond acceptors (Lipinski definition) is 2. The molecule has 1 amide bonds. The normalized spacial score (nSPS) is 50.8.